The van der Waals surface area contributed by atoms with Crippen LogP contribution in [0.2, 0.25) is 5.15 Å². The Labute approximate surface area is 219 Å². The van der Waals surface area contributed by atoms with Crippen molar-refractivity contribution in [3.63, 3.8) is 0 Å². The molecule has 3 N–H and O–H groups in total. The number of aromatic nitrogens is 4. The number of hydrogen-bond donors (Lipinski definition) is 3. The fourth-order valence-corrected chi connectivity index (χ4v) is 3.20. The molecule has 0 radical (unpaired) electrons. The third kappa shape index (κ3) is 7.26. The van der Waals surface area contributed by atoms with E-state index < -0.39 is 17.6 Å². The van der Waals surface area contributed by atoms with Crippen LogP contribution < -0.4 is 20.8 Å². The van der Waals surface area contributed by atoms with Crippen LogP contribution in [-0.4, -0.2) is 33.3 Å². The molecule has 38 heavy (non-hydrogen) atoms. The minimum atomic E-state index is -4.87. The first kappa shape index (κ1) is 26.5. The fraction of sp³-hybridized carbons (Fsp3) is 0.125. The first-order valence-corrected chi connectivity index (χ1v) is 11.2. The summed E-state index contributed by atoms with van der Waals surface area (Å²) in [6.45, 7) is 0.259. The molecule has 9 nitrogen and oxygen atoms in total. The summed E-state index contributed by atoms with van der Waals surface area (Å²) >= 11 is 5.81. The van der Waals surface area contributed by atoms with E-state index in [1.165, 1.54) is 6.21 Å². The predicted molar refractivity (Wildman–Crippen MR) is 135 cm³/mol. The van der Waals surface area contributed by atoms with Gasteiger partial charge in [0.25, 0.3) is 0 Å². The zero-order chi connectivity index (χ0) is 27.1. The van der Waals surface area contributed by atoms with Crippen molar-refractivity contribution in [2.75, 3.05) is 23.2 Å². The van der Waals surface area contributed by atoms with Gasteiger partial charge in [-0.2, -0.15) is 33.2 Å². The first-order valence-electron chi connectivity index (χ1n) is 10.9. The van der Waals surface area contributed by atoms with Gasteiger partial charge in [0.1, 0.15) is 16.7 Å². The Bertz CT molecular complexity index is 1430. The van der Waals surface area contributed by atoms with Gasteiger partial charge in [-0.05, 0) is 47.5 Å². The zero-order valence-electron chi connectivity index (χ0n) is 19.6. The van der Waals surface area contributed by atoms with Crippen molar-refractivity contribution in [3.05, 3.63) is 88.5 Å². The van der Waals surface area contributed by atoms with Crippen LogP contribution in [-0.2, 0) is 12.7 Å². The third-order valence-corrected chi connectivity index (χ3v) is 5.10. The molecule has 0 atom stereocenters. The lowest BCUT2D eigenvalue weighted by Crippen LogP contribution is -2.11. The van der Waals surface area contributed by atoms with Crippen LogP contribution in [0.3, 0.4) is 0 Å². The molecule has 0 aliphatic carbocycles. The highest BCUT2D eigenvalue weighted by molar-refractivity contribution is 6.29. The maximum absolute atomic E-state index is 13.7. The number of nitrogens with one attached hydrogen (secondary N) is 3. The number of benzene rings is 2. The molecule has 0 aliphatic heterocycles. The highest BCUT2D eigenvalue weighted by atomic mass is 35.5. The van der Waals surface area contributed by atoms with Gasteiger partial charge in [-0.1, -0.05) is 29.8 Å². The lowest BCUT2D eigenvalue weighted by molar-refractivity contribution is -0.139. The van der Waals surface area contributed by atoms with E-state index in [2.05, 4.69) is 41.1 Å². The summed E-state index contributed by atoms with van der Waals surface area (Å²) in [4.78, 5) is 16.6. The van der Waals surface area contributed by atoms with Crippen molar-refractivity contribution in [1.82, 2.24) is 19.9 Å². The Morgan fingerprint density at radius 1 is 1.00 bits per heavy atom. The molecule has 0 fully saturated rings. The normalized spacial score (nSPS) is 11.4. The highest BCUT2D eigenvalue weighted by Gasteiger charge is 2.34. The van der Waals surface area contributed by atoms with Crippen molar-refractivity contribution in [3.8, 4) is 5.75 Å². The fourth-order valence-electron chi connectivity index (χ4n) is 3.09. The van der Waals surface area contributed by atoms with Gasteiger partial charge in [-0.3, -0.25) is 0 Å². The number of nitrogens with zero attached hydrogens (tertiary/aromatic N) is 5. The van der Waals surface area contributed by atoms with Gasteiger partial charge in [-0.25, -0.2) is 14.8 Å². The SMILES string of the molecule is COc1cccc(/C=N/Nc2nc(NCc3ccc(Cl)nc3)nc(Nc3ccc(F)c(C(F)(F)F)c3)n2)c1. The van der Waals surface area contributed by atoms with E-state index >= 15 is 0 Å². The van der Waals surface area contributed by atoms with Crippen LogP contribution >= 0.6 is 11.6 Å². The highest BCUT2D eigenvalue weighted by Crippen LogP contribution is 2.33. The molecule has 2 aromatic heterocycles. The maximum atomic E-state index is 13.7. The van der Waals surface area contributed by atoms with Crippen LogP contribution in [0.1, 0.15) is 16.7 Å². The molecule has 4 aromatic rings. The minimum absolute atomic E-state index is 0.0171. The van der Waals surface area contributed by atoms with Crippen molar-refractivity contribution in [2.45, 2.75) is 12.7 Å². The smallest absolute Gasteiger partial charge is 0.419 e. The molecule has 196 valence electrons. The van der Waals surface area contributed by atoms with E-state index in [-0.39, 0.29) is 30.1 Å². The number of rotatable bonds is 9. The molecule has 0 amide bonds. The maximum Gasteiger partial charge on any atom is 0.419 e. The summed E-state index contributed by atoms with van der Waals surface area (Å²) in [5.41, 5.74) is 2.65. The number of alkyl halides is 3. The lowest BCUT2D eigenvalue weighted by Gasteiger charge is -2.12. The predicted octanol–water partition coefficient (Wildman–Crippen LogP) is 5.89. The topological polar surface area (TPSA) is 109 Å². The van der Waals surface area contributed by atoms with Crippen LogP contribution in [0.4, 0.5) is 41.1 Å². The summed E-state index contributed by atoms with van der Waals surface area (Å²) in [5.74, 6) is -0.810. The van der Waals surface area contributed by atoms with Gasteiger partial charge in [0.05, 0.1) is 18.9 Å². The second-order valence-electron chi connectivity index (χ2n) is 7.61. The molecular weight excluding hydrogens is 528 g/mol. The molecule has 4 rings (SSSR count). The summed E-state index contributed by atoms with van der Waals surface area (Å²) < 4.78 is 58.3. The van der Waals surface area contributed by atoms with Gasteiger partial charge in [0, 0.05) is 18.4 Å². The number of methoxy groups -OCH3 is 1. The zero-order valence-corrected chi connectivity index (χ0v) is 20.3. The van der Waals surface area contributed by atoms with Crippen LogP contribution in [0.15, 0.2) is 65.9 Å². The van der Waals surface area contributed by atoms with Crippen molar-refractivity contribution < 1.29 is 22.3 Å². The van der Waals surface area contributed by atoms with Crippen LogP contribution in [0, 0.1) is 5.82 Å². The van der Waals surface area contributed by atoms with E-state index in [0.29, 0.717) is 23.0 Å². The summed E-state index contributed by atoms with van der Waals surface area (Å²) in [6, 6.07) is 13.0. The van der Waals surface area contributed by atoms with Crippen molar-refractivity contribution in [1.29, 1.82) is 0 Å². The average Bonchev–Trinajstić information content (AvgIpc) is 2.89. The third-order valence-electron chi connectivity index (χ3n) is 4.87. The molecule has 2 heterocycles. The Balaban J connectivity index is 1.58. The van der Waals surface area contributed by atoms with E-state index in [1.54, 1.807) is 49.7 Å². The number of pyridine rings is 1. The number of hydrogen-bond acceptors (Lipinski definition) is 9. The summed E-state index contributed by atoms with van der Waals surface area (Å²) in [6.07, 6.45) is -1.81. The molecule has 2 aromatic carbocycles. The minimum Gasteiger partial charge on any atom is -0.497 e. The number of ether oxygens (including phenoxy) is 1. The second-order valence-corrected chi connectivity index (χ2v) is 8.00. The Morgan fingerprint density at radius 3 is 2.53 bits per heavy atom. The van der Waals surface area contributed by atoms with Crippen molar-refractivity contribution >= 4 is 41.3 Å². The van der Waals surface area contributed by atoms with E-state index in [0.717, 1.165) is 17.2 Å². The van der Waals surface area contributed by atoms with E-state index in [9.17, 15) is 17.6 Å². The van der Waals surface area contributed by atoms with Gasteiger partial charge in [0.15, 0.2) is 0 Å². The lowest BCUT2D eigenvalue weighted by atomic mass is 10.2. The van der Waals surface area contributed by atoms with Gasteiger partial charge >= 0.3 is 6.18 Å². The largest absolute Gasteiger partial charge is 0.497 e. The quantitative estimate of drug-likeness (QED) is 0.103. The molecule has 0 aliphatic rings. The number of halogens is 5. The molecule has 0 saturated carbocycles. The number of anilines is 4. The van der Waals surface area contributed by atoms with Gasteiger partial charge in [0.2, 0.25) is 17.8 Å². The molecule has 14 heteroatoms. The summed E-state index contributed by atoms with van der Waals surface area (Å²) in [7, 11) is 1.54. The van der Waals surface area contributed by atoms with E-state index in [1.807, 2.05) is 0 Å². The van der Waals surface area contributed by atoms with Crippen LogP contribution in [0.25, 0.3) is 0 Å². The molecular formula is C24H19ClF4N8O. The molecule has 0 spiro atoms. The van der Waals surface area contributed by atoms with Crippen molar-refractivity contribution in [2.24, 2.45) is 5.10 Å². The monoisotopic (exact) mass is 546 g/mol. The van der Waals surface area contributed by atoms with Crippen LogP contribution in [0.5, 0.6) is 5.75 Å². The Kier molecular flexibility index (Phi) is 8.16. The van der Waals surface area contributed by atoms with Gasteiger partial charge < -0.3 is 15.4 Å². The van der Waals surface area contributed by atoms with E-state index in [4.69, 9.17) is 16.3 Å². The average molecular weight is 547 g/mol. The Morgan fingerprint density at radius 2 is 1.79 bits per heavy atom. The molecule has 0 unspecified atom stereocenters. The Hall–Kier alpha value is -4.52. The molecule has 0 saturated heterocycles. The first-order chi connectivity index (χ1) is 18.2. The summed E-state index contributed by atoms with van der Waals surface area (Å²) in [5, 5.41) is 10.1. The standard InChI is InChI=1S/C24H19ClF4N8O/c1-38-17-4-2-3-14(9-17)13-32-37-23-35-21(31-12-15-5-8-20(25)30-11-15)34-22(36-23)33-16-6-7-19(26)18(10-16)24(27,28)29/h2-11,13H,12H2,1H3,(H3,31,33,34,35,36,37)/b32-13+. The second kappa shape index (κ2) is 11.7. The number of hydrazone groups is 1. The van der Waals surface area contributed by atoms with Gasteiger partial charge in [-0.15, -0.1) is 0 Å². The molecule has 0 bridgehead atoms.